The molecule has 2 aromatic rings. The van der Waals surface area contributed by atoms with Crippen LogP contribution in [0, 0.1) is 0 Å². The third-order valence-corrected chi connectivity index (χ3v) is 7.58. The maximum absolute atomic E-state index is 13.2. The Morgan fingerprint density at radius 1 is 1.36 bits per heavy atom. The van der Waals surface area contributed by atoms with E-state index in [9.17, 15) is 24.1 Å². The molecule has 6 atom stereocenters. The van der Waals surface area contributed by atoms with Crippen molar-refractivity contribution in [3.8, 4) is 0 Å². The molecule has 2 saturated heterocycles. The molecule has 2 aliphatic heterocycles. The Labute approximate surface area is 210 Å². The van der Waals surface area contributed by atoms with Crippen LogP contribution in [0.4, 0.5) is 0 Å². The summed E-state index contributed by atoms with van der Waals surface area (Å²) in [5, 5.41) is 11.7. The van der Waals surface area contributed by atoms with E-state index in [-0.39, 0.29) is 13.0 Å². The van der Waals surface area contributed by atoms with E-state index in [0.717, 1.165) is 16.8 Å². The van der Waals surface area contributed by atoms with E-state index in [1.807, 2.05) is 0 Å². The molecule has 3 heterocycles. The lowest BCUT2D eigenvalue weighted by molar-refractivity contribution is -0.163. The van der Waals surface area contributed by atoms with Gasteiger partial charge >= 0.3 is 19.5 Å². The molecule has 2 N–H and O–H groups in total. The van der Waals surface area contributed by atoms with Crippen LogP contribution in [0.1, 0.15) is 44.6 Å². The average molecular weight is 545 g/mol. The van der Waals surface area contributed by atoms with Crippen LogP contribution in [0.3, 0.4) is 0 Å². The summed E-state index contributed by atoms with van der Waals surface area (Å²) in [6, 6.07) is 7.98. The summed E-state index contributed by atoms with van der Waals surface area (Å²) >= 11 is 6.05. The maximum Gasteiger partial charge on any atom is 0.475 e. The SMILES string of the molecule is CCC(=O)OC1C(COP2(=O)OCCC(c3cccc(Cl)c3)O2)OC(n2ccc(=O)[nH]c2=O)C1(C)O. The molecule has 0 amide bonds. The van der Waals surface area contributed by atoms with Gasteiger partial charge in [-0.05, 0) is 24.6 Å². The number of carbonyl (C=O) groups is 1. The number of aromatic nitrogens is 2. The molecule has 0 bridgehead atoms. The topological polar surface area (TPSA) is 155 Å². The summed E-state index contributed by atoms with van der Waals surface area (Å²) in [6.07, 6.45) is -2.87. The molecule has 0 spiro atoms. The van der Waals surface area contributed by atoms with Gasteiger partial charge in [0.2, 0.25) is 0 Å². The number of H-pyrrole nitrogens is 1. The van der Waals surface area contributed by atoms with Crippen LogP contribution < -0.4 is 11.2 Å². The van der Waals surface area contributed by atoms with Gasteiger partial charge in [0.05, 0.1) is 19.3 Å². The molecule has 0 saturated carbocycles. The van der Waals surface area contributed by atoms with Gasteiger partial charge in [0, 0.05) is 30.1 Å². The lowest BCUT2D eigenvalue weighted by Crippen LogP contribution is -2.49. The highest BCUT2D eigenvalue weighted by Gasteiger charge is 2.57. The van der Waals surface area contributed by atoms with E-state index in [4.69, 9.17) is 34.6 Å². The van der Waals surface area contributed by atoms with E-state index < -0.39 is 61.8 Å². The van der Waals surface area contributed by atoms with Gasteiger partial charge in [0.15, 0.2) is 12.3 Å². The summed E-state index contributed by atoms with van der Waals surface area (Å²) < 4.78 is 41.9. The zero-order valence-electron chi connectivity index (χ0n) is 19.5. The van der Waals surface area contributed by atoms with Crippen molar-refractivity contribution >= 4 is 25.4 Å². The molecule has 14 heteroatoms. The molecule has 0 aliphatic carbocycles. The third kappa shape index (κ3) is 5.65. The van der Waals surface area contributed by atoms with E-state index in [1.165, 1.54) is 6.92 Å². The molecular formula is C22H26ClN2O10P. The molecule has 0 radical (unpaired) electrons. The fourth-order valence-electron chi connectivity index (χ4n) is 4.07. The van der Waals surface area contributed by atoms with E-state index in [0.29, 0.717) is 17.0 Å². The predicted molar refractivity (Wildman–Crippen MR) is 125 cm³/mol. The highest BCUT2D eigenvalue weighted by molar-refractivity contribution is 7.48. The Bertz CT molecular complexity index is 1280. The number of nitrogens with zero attached hydrogens (tertiary/aromatic N) is 1. The van der Waals surface area contributed by atoms with Crippen molar-refractivity contribution in [3.05, 3.63) is 68.0 Å². The van der Waals surface area contributed by atoms with Gasteiger partial charge in [-0.1, -0.05) is 30.7 Å². The summed E-state index contributed by atoms with van der Waals surface area (Å²) in [5.41, 5.74) is -2.71. The minimum atomic E-state index is -4.08. The Kier molecular flexibility index (Phi) is 7.86. The molecule has 6 unspecified atom stereocenters. The second-order valence-corrected chi connectivity index (χ2v) is 10.6. The van der Waals surface area contributed by atoms with E-state index in [1.54, 1.807) is 31.2 Å². The molecule has 196 valence electrons. The number of benzene rings is 1. The van der Waals surface area contributed by atoms with E-state index in [2.05, 4.69) is 4.98 Å². The lowest BCUT2D eigenvalue weighted by atomic mass is 9.96. The average Bonchev–Trinajstić information content (AvgIpc) is 3.07. The zero-order chi connectivity index (χ0) is 26.1. The Morgan fingerprint density at radius 2 is 2.14 bits per heavy atom. The molecular weight excluding hydrogens is 519 g/mol. The monoisotopic (exact) mass is 544 g/mol. The molecule has 2 aliphatic rings. The number of esters is 1. The van der Waals surface area contributed by atoms with Crippen molar-refractivity contribution in [1.82, 2.24) is 9.55 Å². The van der Waals surface area contributed by atoms with Gasteiger partial charge in [-0.3, -0.25) is 32.7 Å². The van der Waals surface area contributed by atoms with Crippen LogP contribution in [0.2, 0.25) is 5.02 Å². The highest BCUT2D eigenvalue weighted by atomic mass is 35.5. The maximum atomic E-state index is 13.2. The molecule has 1 aromatic carbocycles. The van der Waals surface area contributed by atoms with E-state index >= 15 is 0 Å². The quantitative estimate of drug-likeness (QED) is 0.392. The Hall–Kier alpha value is -2.31. The fraction of sp³-hybridized carbons (Fsp3) is 0.500. The van der Waals surface area contributed by atoms with Crippen LogP contribution >= 0.6 is 19.4 Å². The second-order valence-electron chi connectivity index (χ2n) is 8.55. The number of phosphoric acid groups is 1. The Morgan fingerprint density at radius 3 is 2.83 bits per heavy atom. The smallest absolute Gasteiger partial charge is 0.456 e. The summed E-state index contributed by atoms with van der Waals surface area (Å²) in [5.74, 6) is -0.638. The normalized spacial score (nSPS) is 32.3. The third-order valence-electron chi connectivity index (χ3n) is 5.87. The number of rotatable bonds is 7. The lowest BCUT2D eigenvalue weighted by Gasteiger charge is -2.31. The molecule has 12 nitrogen and oxygen atoms in total. The van der Waals surface area contributed by atoms with Crippen LogP contribution in [-0.4, -0.2) is 51.6 Å². The number of nitrogens with one attached hydrogen (secondary N) is 1. The highest BCUT2D eigenvalue weighted by Crippen LogP contribution is 2.57. The van der Waals surface area contributed by atoms with Gasteiger partial charge in [-0.25, -0.2) is 9.36 Å². The second kappa shape index (κ2) is 10.6. The van der Waals surface area contributed by atoms with Crippen molar-refractivity contribution in [3.63, 3.8) is 0 Å². The van der Waals surface area contributed by atoms with Crippen molar-refractivity contribution in [2.45, 2.75) is 56.8 Å². The summed E-state index contributed by atoms with van der Waals surface area (Å²) in [4.78, 5) is 38.0. The minimum absolute atomic E-state index is 0.00938. The van der Waals surface area contributed by atoms with Crippen LogP contribution in [0.25, 0.3) is 0 Å². The first-order chi connectivity index (χ1) is 17.0. The van der Waals surface area contributed by atoms with Gasteiger partial charge in [-0.2, -0.15) is 0 Å². The number of aliphatic hydroxyl groups is 1. The fourth-order valence-corrected chi connectivity index (χ4v) is 5.67. The first-order valence-corrected chi connectivity index (χ1v) is 13.1. The van der Waals surface area contributed by atoms with Crippen LogP contribution in [0.5, 0.6) is 0 Å². The molecule has 2 fully saturated rings. The predicted octanol–water partition coefficient (Wildman–Crippen LogP) is 2.46. The first-order valence-electron chi connectivity index (χ1n) is 11.2. The number of hydrogen-bond donors (Lipinski definition) is 2. The number of halogens is 1. The number of ether oxygens (including phenoxy) is 2. The van der Waals surface area contributed by atoms with Gasteiger partial charge in [0.1, 0.15) is 11.7 Å². The van der Waals surface area contributed by atoms with Crippen molar-refractivity contribution in [2.75, 3.05) is 13.2 Å². The van der Waals surface area contributed by atoms with Crippen LogP contribution in [-0.2, 0) is 32.4 Å². The van der Waals surface area contributed by atoms with Gasteiger partial charge in [-0.15, -0.1) is 0 Å². The largest absolute Gasteiger partial charge is 0.475 e. The number of phosphoric ester groups is 1. The number of carbonyl (C=O) groups excluding carboxylic acids is 1. The van der Waals surface area contributed by atoms with Crippen molar-refractivity contribution < 1.29 is 37.5 Å². The van der Waals surface area contributed by atoms with Crippen molar-refractivity contribution in [2.24, 2.45) is 0 Å². The van der Waals surface area contributed by atoms with Crippen molar-refractivity contribution in [1.29, 1.82) is 0 Å². The molecule has 36 heavy (non-hydrogen) atoms. The first kappa shape index (κ1) is 26.7. The number of aromatic amines is 1. The number of hydrogen-bond acceptors (Lipinski definition) is 10. The Balaban J connectivity index is 1.54. The molecule has 4 rings (SSSR count). The summed E-state index contributed by atoms with van der Waals surface area (Å²) in [7, 11) is -4.08. The minimum Gasteiger partial charge on any atom is -0.456 e. The molecule has 1 aromatic heterocycles. The summed E-state index contributed by atoms with van der Waals surface area (Å²) in [6.45, 7) is 2.50. The van der Waals surface area contributed by atoms with Gasteiger partial charge < -0.3 is 14.6 Å². The standard InChI is InChI=1S/C22H26ClN2O10P/c1-3-18(27)34-19-16(33-20(22(19,2)29)25-9-7-17(26)24-21(25)28)12-32-36(30)31-10-8-15(35-36)13-5-4-6-14(23)11-13/h4-7,9,11,15-16,19-20,29H,3,8,10,12H2,1-2H3,(H,24,26,28). The zero-order valence-corrected chi connectivity index (χ0v) is 21.1. The van der Waals surface area contributed by atoms with Gasteiger partial charge in [0.25, 0.3) is 5.56 Å². The van der Waals surface area contributed by atoms with Crippen LogP contribution in [0.15, 0.2) is 46.1 Å².